The number of halogens is 2. The van der Waals surface area contributed by atoms with Gasteiger partial charge in [-0.2, -0.15) is 0 Å². The second kappa shape index (κ2) is 5.16. The van der Waals surface area contributed by atoms with E-state index >= 15 is 0 Å². The van der Waals surface area contributed by atoms with Gasteiger partial charge in [0.2, 0.25) is 11.8 Å². The molecule has 0 bridgehead atoms. The summed E-state index contributed by atoms with van der Waals surface area (Å²) in [6, 6.07) is 4.03. The number of anilines is 1. The van der Waals surface area contributed by atoms with Crippen LogP contribution in [0.3, 0.4) is 0 Å². The number of nitrogens with zero attached hydrogens (tertiary/aromatic N) is 1. The molecule has 0 spiro atoms. The molecule has 6 heteroatoms. The lowest BCUT2D eigenvalue weighted by Gasteiger charge is -2.24. The third kappa shape index (κ3) is 2.57. The van der Waals surface area contributed by atoms with Gasteiger partial charge in [-0.1, -0.05) is 0 Å². The molecule has 0 aromatic heterocycles. The van der Waals surface area contributed by atoms with Crippen molar-refractivity contribution < 1.29 is 14.0 Å². The maximum Gasteiger partial charge on any atom is 0.249 e. The quantitative estimate of drug-likeness (QED) is 0.897. The lowest BCUT2D eigenvalue weighted by molar-refractivity contribution is -0.126. The minimum atomic E-state index is -0.436. The van der Waals surface area contributed by atoms with Crippen LogP contribution >= 0.6 is 15.9 Å². The van der Waals surface area contributed by atoms with Crippen LogP contribution in [-0.4, -0.2) is 24.4 Å². The molecule has 0 radical (unpaired) electrons. The summed E-state index contributed by atoms with van der Waals surface area (Å²) in [4.78, 5) is 25.9. The van der Waals surface area contributed by atoms with E-state index in [1.54, 1.807) is 17.0 Å². The Balaban J connectivity index is 1.91. The number of rotatable bonds is 2. The third-order valence-corrected chi connectivity index (χ3v) is 4.33. The second-order valence-corrected chi connectivity index (χ2v) is 6.08. The molecule has 1 N–H and O–H groups in total. The first kappa shape index (κ1) is 13.5. The van der Waals surface area contributed by atoms with E-state index in [1.165, 1.54) is 6.07 Å². The van der Waals surface area contributed by atoms with Gasteiger partial charge < -0.3 is 10.2 Å². The van der Waals surface area contributed by atoms with Crippen molar-refractivity contribution in [2.24, 2.45) is 5.92 Å². The summed E-state index contributed by atoms with van der Waals surface area (Å²) in [7, 11) is 0. The Kier molecular flexibility index (Phi) is 3.50. The summed E-state index contributed by atoms with van der Waals surface area (Å²) in [5.41, 5.74) is 0.616. The highest BCUT2D eigenvalue weighted by molar-refractivity contribution is 9.10. The SMILES string of the molecule is O=C1CCN(c2ccc(F)c(Br)c2)C(=O)C(C2CC2)N1. The van der Waals surface area contributed by atoms with Crippen molar-refractivity contribution in [2.45, 2.75) is 25.3 Å². The molecule has 2 amide bonds. The van der Waals surface area contributed by atoms with E-state index in [9.17, 15) is 14.0 Å². The van der Waals surface area contributed by atoms with Gasteiger partial charge in [-0.05, 0) is 52.9 Å². The fraction of sp³-hybridized carbons (Fsp3) is 0.429. The predicted octanol–water partition coefficient (Wildman–Crippen LogP) is 2.22. The molecule has 1 aliphatic heterocycles. The maximum atomic E-state index is 13.3. The third-order valence-electron chi connectivity index (χ3n) is 3.72. The highest BCUT2D eigenvalue weighted by Crippen LogP contribution is 2.35. The Labute approximate surface area is 124 Å². The summed E-state index contributed by atoms with van der Waals surface area (Å²) in [5, 5.41) is 2.80. The molecule has 106 valence electrons. The molecule has 4 nitrogen and oxygen atoms in total. The Morgan fingerprint density at radius 3 is 2.70 bits per heavy atom. The molecule has 20 heavy (non-hydrogen) atoms. The Hall–Kier alpha value is -1.43. The van der Waals surface area contributed by atoms with Crippen molar-refractivity contribution >= 4 is 33.4 Å². The van der Waals surface area contributed by atoms with Gasteiger partial charge in [0.05, 0.1) is 4.47 Å². The number of carbonyl (C=O) groups is 2. The Morgan fingerprint density at radius 2 is 2.05 bits per heavy atom. The van der Waals surface area contributed by atoms with Crippen LogP contribution in [0.2, 0.25) is 0 Å². The van der Waals surface area contributed by atoms with Gasteiger partial charge in [0.25, 0.3) is 0 Å². The van der Waals surface area contributed by atoms with Crippen molar-refractivity contribution in [2.75, 3.05) is 11.4 Å². The van der Waals surface area contributed by atoms with E-state index in [1.807, 2.05) is 0 Å². The molecule has 1 saturated carbocycles. The second-order valence-electron chi connectivity index (χ2n) is 5.22. The van der Waals surface area contributed by atoms with E-state index in [4.69, 9.17) is 0 Å². The highest BCUT2D eigenvalue weighted by Gasteiger charge is 2.41. The summed E-state index contributed by atoms with van der Waals surface area (Å²) in [6.07, 6.45) is 2.21. The van der Waals surface area contributed by atoms with Crippen LogP contribution in [0.15, 0.2) is 22.7 Å². The van der Waals surface area contributed by atoms with Gasteiger partial charge in [-0.15, -0.1) is 0 Å². The van der Waals surface area contributed by atoms with Crippen LogP contribution in [0.25, 0.3) is 0 Å². The predicted molar refractivity (Wildman–Crippen MR) is 75.7 cm³/mol. The monoisotopic (exact) mass is 340 g/mol. The van der Waals surface area contributed by atoms with Gasteiger partial charge in [-0.25, -0.2) is 4.39 Å². The molecule has 3 rings (SSSR count). The van der Waals surface area contributed by atoms with Crippen molar-refractivity contribution in [3.63, 3.8) is 0 Å². The average Bonchev–Trinajstić information content (AvgIpc) is 3.23. The molecule has 1 heterocycles. The van der Waals surface area contributed by atoms with Crippen LogP contribution in [-0.2, 0) is 9.59 Å². The van der Waals surface area contributed by atoms with Crippen LogP contribution in [0, 0.1) is 11.7 Å². The van der Waals surface area contributed by atoms with Crippen LogP contribution in [0.1, 0.15) is 19.3 Å². The zero-order valence-electron chi connectivity index (χ0n) is 10.7. The summed E-state index contributed by atoms with van der Waals surface area (Å²) in [6.45, 7) is 0.325. The van der Waals surface area contributed by atoms with Gasteiger partial charge >= 0.3 is 0 Å². The van der Waals surface area contributed by atoms with Crippen LogP contribution < -0.4 is 10.2 Å². The first-order valence-electron chi connectivity index (χ1n) is 6.62. The largest absolute Gasteiger partial charge is 0.344 e. The zero-order valence-corrected chi connectivity index (χ0v) is 12.3. The minimum absolute atomic E-state index is 0.0982. The average molecular weight is 341 g/mol. The molecule has 1 saturated heterocycles. The standard InChI is InChI=1S/C14H14BrFN2O2/c15-10-7-9(3-4-11(10)16)18-6-5-12(19)17-13(14(18)20)8-1-2-8/h3-4,7-8,13H,1-2,5-6H2,(H,17,19). The smallest absolute Gasteiger partial charge is 0.249 e. The van der Waals surface area contributed by atoms with E-state index in [2.05, 4.69) is 21.2 Å². The molecule has 1 unspecified atom stereocenters. The van der Waals surface area contributed by atoms with Crippen molar-refractivity contribution in [3.05, 3.63) is 28.5 Å². The van der Waals surface area contributed by atoms with Gasteiger partial charge in [0.1, 0.15) is 11.9 Å². The maximum absolute atomic E-state index is 13.3. The Morgan fingerprint density at radius 1 is 1.30 bits per heavy atom. The van der Waals surface area contributed by atoms with Gasteiger partial charge in [0, 0.05) is 18.7 Å². The first-order chi connectivity index (χ1) is 9.56. The number of carbonyl (C=O) groups excluding carboxylic acids is 2. The molecule has 2 aliphatic rings. The van der Waals surface area contributed by atoms with Crippen molar-refractivity contribution in [1.82, 2.24) is 5.32 Å². The Bertz CT molecular complexity index is 574. The molecule has 2 fully saturated rings. The number of hydrogen-bond donors (Lipinski definition) is 1. The van der Waals surface area contributed by atoms with Crippen LogP contribution in [0.5, 0.6) is 0 Å². The number of nitrogens with one attached hydrogen (secondary N) is 1. The van der Waals surface area contributed by atoms with Crippen LogP contribution in [0.4, 0.5) is 10.1 Å². The molecule has 1 atom stereocenters. The highest BCUT2D eigenvalue weighted by atomic mass is 79.9. The first-order valence-corrected chi connectivity index (χ1v) is 7.41. The number of hydrogen-bond acceptors (Lipinski definition) is 2. The lowest BCUT2D eigenvalue weighted by atomic mass is 10.1. The summed E-state index contributed by atoms with van der Waals surface area (Å²) < 4.78 is 13.6. The van der Waals surface area contributed by atoms with E-state index < -0.39 is 6.04 Å². The fourth-order valence-electron chi connectivity index (χ4n) is 2.46. The van der Waals surface area contributed by atoms with Crippen molar-refractivity contribution in [3.8, 4) is 0 Å². The van der Waals surface area contributed by atoms with Gasteiger partial charge in [-0.3, -0.25) is 9.59 Å². The zero-order chi connectivity index (χ0) is 14.3. The van der Waals surface area contributed by atoms with E-state index in [0.29, 0.717) is 16.7 Å². The fourth-order valence-corrected chi connectivity index (χ4v) is 2.82. The van der Waals surface area contributed by atoms with Crippen molar-refractivity contribution in [1.29, 1.82) is 0 Å². The molecule has 1 aromatic carbocycles. The molecular weight excluding hydrogens is 327 g/mol. The minimum Gasteiger partial charge on any atom is -0.344 e. The normalized spacial score (nSPS) is 23.5. The van der Waals surface area contributed by atoms with E-state index in [-0.39, 0.29) is 30.0 Å². The molecular formula is C14H14BrFN2O2. The summed E-state index contributed by atoms with van der Waals surface area (Å²) >= 11 is 3.12. The molecule has 1 aromatic rings. The lowest BCUT2D eigenvalue weighted by Crippen LogP contribution is -2.46. The topological polar surface area (TPSA) is 49.4 Å². The van der Waals surface area contributed by atoms with E-state index in [0.717, 1.165) is 12.8 Å². The number of amides is 2. The summed E-state index contributed by atoms with van der Waals surface area (Å²) in [5.74, 6) is -0.323. The number of benzene rings is 1. The van der Waals surface area contributed by atoms with Gasteiger partial charge in [0.15, 0.2) is 0 Å². The molecule has 1 aliphatic carbocycles.